The summed E-state index contributed by atoms with van der Waals surface area (Å²) in [5.41, 5.74) is 0. The Labute approximate surface area is 203 Å². The quantitative estimate of drug-likeness (QED) is 0.229. The van der Waals surface area contributed by atoms with E-state index >= 15 is 0 Å². The van der Waals surface area contributed by atoms with Crippen molar-refractivity contribution in [3.05, 3.63) is 35.9 Å². The van der Waals surface area contributed by atoms with Crippen molar-refractivity contribution in [2.24, 2.45) is 35.5 Å². The van der Waals surface area contributed by atoms with Crippen LogP contribution in [0.3, 0.4) is 0 Å². The number of fused-ring (bicyclic) bond motifs is 1. The molecule has 0 saturated heterocycles. The fourth-order valence-corrected chi connectivity index (χ4v) is 6.78. The smallest absolute Gasteiger partial charge is 0.314 e. The lowest BCUT2D eigenvalue weighted by atomic mass is 9.61. The third-order valence-corrected chi connectivity index (χ3v) is 8.90. The van der Waals surface area contributed by atoms with Crippen molar-refractivity contribution in [2.75, 3.05) is 6.61 Å². The molecule has 3 fully saturated rings. The van der Waals surface area contributed by atoms with Crippen LogP contribution in [0.2, 0.25) is 0 Å². The van der Waals surface area contributed by atoms with E-state index in [1.807, 2.05) is 6.92 Å². The average Bonchev–Trinajstić information content (AvgIpc) is 2.87. The Morgan fingerprint density at radius 1 is 0.882 bits per heavy atom. The average molecular weight is 475 g/mol. The van der Waals surface area contributed by atoms with Gasteiger partial charge in [-0.3, -0.25) is 4.79 Å². The molecule has 0 spiro atoms. The van der Waals surface area contributed by atoms with Crippen LogP contribution in [0.1, 0.15) is 84.5 Å². The maximum atomic E-state index is 14.4. The van der Waals surface area contributed by atoms with Crippen LogP contribution >= 0.6 is 0 Å². The first-order valence-electron chi connectivity index (χ1n) is 13.4. The zero-order valence-electron chi connectivity index (χ0n) is 20.7. The molecule has 34 heavy (non-hydrogen) atoms. The van der Waals surface area contributed by atoms with Gasteiger partial charge in [0.05, 0.1) is 5.92 Å². The van der Waals surface area contributed by atoms with Crippen LogP contribution in [0.15, 0.2) is 24.3 Å². The predicted octanol–water partition coefficient (Wildman–Crippen LogP) is 7.87. The fourth-order valence-electron chi connectivity index (χ4n) is 6.78. The molecule has 4 unspecified atom stereocenters. The number of halogens is 2. The second-order valence-electron chi connectivity index (χ2n) is 10.8. The molecule has 4 rings (SSSR count). The Bertz CT molecular complexity index is 859. The maximum absolute atomic E-state index is 14.4. The molecule has 4 atom stereocenters. The van der Waals surface area contributed by atoms with Crippen molar-refractivity contribution in [2.45, 2.75) is 84.5 Å². The standard InChI is InChI=1S/C29H40F2O3/c1-3-5-16-33-25-14-15-26(28(31)27(25)30)34-29(32)21-10-8-20(9-11-21)23-13-12-22-17-19(4-2)6-7-24(22)18-23/h3,5,14-15,19-24H,4,6-13,16-18H2,1-2H3/b5-3+. The highest BCUT2D eigenvalue weighted by Gasteiger charge is 2.39. The van der Waals surface area contributed by atoms with E-state index in [1.165, 1.54) is 57.1 Å². The Hall–Kier alpha value is -1.91. The number of benzene rings is 1. The molecule has 1 aromatic carbocycles. The van der Waals surface area contributed by atoms with Crippen molar-refractivity contribution in [3.63, 3.8) is 0 Å². The summed E-state index contributed by atoms with van der Waals surface area (Å²) in [5, 5.41) is 0. The first-order valence-corrected chi connectivity index (χ1v) is 13.4. The molecular formula is C29H40F2O3. The van der Waals surface area contributed by atoms with E-state index in [0.29, 0.717) is 5.92 Å². The molecule has 5 heteroatoms. The summed E-state index contributed by atoms with van der Waals surface area (Å²) in [6.45, 7) is 4.30. The Kier molecular flexibility index (Phi) is 8.65. The van der Waals surface area contributed by atoms with Gasteiger partial charge in [-0.05, 0) is 106 Å². The van der Waals surface area contributed by atoms with Gasteiger partial charge in [0.1, 0.15) is 6.61 Å². The molecule has 0 aromatic heterocycles. The van der Waals surface area contributed by atoms with E-state index < -0.39 is 17.6 Å². The van der Waals surface area contributed by atoms with Gasteiger partial charge in [-0.2, -0.15) is 8.78 Å². The minimum Gasteiger partial charge on any atom is -0.486 e. The van der Waals surface area contributed by atoms with Gasteiger partial charge in [0.15, 0.2) is 11.5 Å². The number of hydrogen-bond donors (Lipinski definition) is 0. The first kappa shape index (κ1) is 25.2. The SMILES string of the molecule is C/C=C/COc1ccc(OC(=O)C2CCC(C3CCC4CC(CC)CCC4C3)CC2)c(F)c1F. The molecule has 1 aromatic rings. The van der Waals surface area contributed by atoms with Gasteiger partial charge in [-0.25, -0.2) is 0 Å². The van der Waals surface area contributed by atoms with Crippen LogP contribution in [0, 0.1) is 47.1 Å². The van der Waals surface area contributed by atoms with Crippen molar-refractivity contribution in [1.29, 1.82) is 0 Å². The molecule has 3 aliphatic rings. The second kappa shape index (κ2) is 11.7. The van der Waals surface area contributed by atoms with Crippen LogP contribution in [-0.4, -0.2) is 12.6 Å². The number of esters is 1. The van der Waals surface area contributed by atoms with Crippen LogP contribution in [0.25, 0.3) is 0 Å². The fraction of sp³-hybridized carbons (Fsp3) is 0.690. The molecule has 3 saturated carbocycles. The van der Waals surface area contributed by atoms with Crippen LogP contribution < -0.4 is 9.47 Å². The number of ether oxygens (including phenoxy) is 2. The maximum Gasteiger partial charge on any atom is 0.314 e. The van der Waals surface area contributed by atoms with Crippen molar-refractivity contribution < 1.29 is 23.0 Å². The molecule has 0 bridgehead atoms. The molecule has 0 N–H and O–H groups in total. The molecule has 188 valence electrons. The molecule has 3 aliphatic carbocycles. The largest absolute Gasteiger partial charge is 0.486 e. The van der Waals surface area contributed by atoms with Gasteiger partial charge < -0.3 is 9.47 Å². The van der Waals surface area contributed by atoms with E-state index in [2.05, 4.69) is 6.92 Å². The van der Waals surface area contributed by atoms with Gasteiger partial charge in [0.25, 0.3) is 0 Å². The highest BCUT2D eigenvalue weighted by Crippen LogP contribution is 2.49. The summed E-state index contributed by atoms with van der Waals surface area (Å²) in [7, 11) is 0. The molecule has 3 nitrogen and oxygen atoms in total. The van der Waals surface area contributed by atoms with E-state index in [-0.39, 0.29) is 24.0 Å². The van der Waals surface area contributed by atoms with Crippen LogP contribution in [0.4, 0.5) is 8.78 Å². The van der Waals surface area contributed by atoms with Crippen molar-refractivity contribution in [3.8, 4) is 11.5 Å². The number of allylic oxidation sites excluding steroid dienone is 1. The number of carbonyl (C=O) groups excluding carboxylic acids is 1. The van der Waals surface area contributed by atoms with Crippen molar-refractivity contribution in [1.82, 2.24) is 0 Å². The molecular weight excluding hydrogens is 434 g/mol. The van der Waals surface area contributed by atoms with Crippen molar-refractivity contribution >= 4 is 5.97 Å². The lowest BCUT2D eigenvalue weighted by Gasteiger charge is -2.45. The van der Waals surface area contributed by atoms with E-state index in [9.17, 15) is 13.6 Å². The third-order valence-electron chi connectivity index (χ3n) is 8.90. The van der Waals surface area contributed by atoms with Gasteiger partial charge in [0, 0.05) is 0 Å². The van der Waals surface area contributed by atoms with E-state index in [0.717, 1.165) is 49.4 Å². The van der Waals surface area contributed by atoms with Gasteiger partial charge in [-0.1, -0.05) is 31.9 Å². The molecule has 0 heterocycles. The van der Waals surface area contributed by atoms with Crippen LogP contribution in [-0.2, 0) is 4.79 Å². The summed E-state index contributed by atoms with van der Waals surface area (Å²) >= 11 is 0. The third kappa shape index (κ3) is 5.83. The Morgan fingerprint density at radius 3 is 2.18 bits per heavy atom. The lowest BCUT2D eigenvalue weighted by Crippen LogP contribution is -2.35. The highest BCUT2D eigenvalue weighted by atomic mass is 19.2. The molecule has 0 aliphatic heterocycles. The lowest BCUT2D eigenvalue weighted by molar-refractivity contribution is -0.140. The summed E-state index contributed by atoms with van der Waals surface area (Å²) < 4.78 is 39.2. The summed E-state index contributed by atoms with van der Waals surface area (Å²) in [4.78, 5) is 12.7. The topological polar surface area (TPSA) is 35.5 Å². The number of carbonyl (C=O) groups is 1. The molecule has 0 amide bonds. The minimum atomic E-state index is -1.17. The monoisotopic (exact) mass is 474 g/mol. The normalized spacial score (nSPS) is 31.8. The van der Waals surface area contributed by atoms with E-state index in [4.69, 9.17) is 9.47 Å². The van der Waals surface area contributed by atoms with Gasteiger partial charge >= 0.3 is 5.97 Å². The van der Waals surface area contributed by atoms with Gasteiger partial charge in [-0.15, -0.1) is 0 Å². The van der Waals surface area contributed by atoms with E-state index in [1.54, 1.807) is 12.2 Å². The van der Waals surface area contributed by atoms with Gasteiger partial charge in [0.2, 0.25) is 11.6 Å². The Morgan fingerprint density at radius 2 is 1.47 bits per heavy atom. The predicted molar refractivity (Wildman–Crippen MR) is 130 cm³/mol. The van der Waals surface area contributed by atoms with Crippen LogP contribution in [0.5, 0.6) is 11.5 Å². The highest BCUT2D eigenvalue weighted by molar-refractivity contribution is 5.75. The molecule has 0 radical (unpaired) electrons. The minimum absolute atomic E-state index is 0.150. The second-order valence-corrected chi connectivity index (χ2v) is 10.8. The summed E-state index contributed by atoms with van der Waals surface area (Å²) in [6.07, 6.45) is 16.8. The summed E-state index contributed by atoms with van der Waals surface area (Å²) in [5.74, 6) is 0.758. The zero-order valence-corrected chi connectivity index (χ0v) is 20.7. The first-order chi connectivity index (χ1) is 16.5. The number of hydrogen-bond acceptors (Lipinski definition) is 3. The Balaban J connectivity index is 1.26. The summed E-state index contributed by atoms with van der Waals surface area (Å²) in [6, 6.07) is 2.59. The zero-order chi connectivity index (χ0) is 24.1. The number of rotatable bonds is 7.